The molecule has 1 aromatic carbocycles. The predicted octanol–water partition coefficient (Wildman–Crippen LogP) is 2.60. The van der Waals surface area contributed by atoms with Crippen LogP contribution in [0.5, 0.6) is 0 Å². The third-order valence-corrected chi connectivity index (χ3v) is 5.48. The van der Waals surface area contributed by atoms with Crippen LogP contribution in [0.15, 0.2) is 36.4 Å². The molecular weight excluding hydrogens is 353 g/mol. The number of allylic oxidation sites excluding steroid dienone is 2. The van der Waals surface area contributed by atoms with Crippen LogP contribution in [0.1, 0.15) is 6.42 Å². The molecule has 2 amide bonds. The lowest BCUT2D eigenvalue weighted by Crippen LogP contribution is -2.33. The number of carbonyl (C=O) groups excluding carboxylic acids is 2. The van der Waals surface area contributed by atoms with E-state index in [1.54, 1.807) is 0 Å². The molecule has 4 atom stereocenters. The first-order chi connectivity index (χ1) is 9.18. The minimum absolute atomic E-state index is 0.00374. The van der Waals surface area contributed by atoms with Crippen LogP contribution in [0.4, 0.5) is 5.69 Å². The van der Waals surface area contributed by atoms with Crippen molar-refractivity contribution in [3.05, 3.63) is 40.0 Å². The molecule has 1 saturated carbocycles. The van der Waals surface area contributed by atoms with Gasteiger partial charge in [-0.25, -0.2) is 4.90 Å². The monoisotopic (exact) mass is 365 g/mol. The van der Waals surface area contributed by atoms with Crippen molar-refractivity contribution in [2.75, 3.05) is 4.90 Å². The number of benzene rings is 1. The Kier molecular flexibility index (Phi) is 2.40. The average Bonchev–Trinajstić information content (AvgIpc) is 3.06. The van der Waals surface area contributed by atoms with Crippen molar-refractivity contribution < 1.29 is 9.59 Å². The summed E-state index contributed by atoms with van der Waals surface area (Å²) in [6, 6.07) is 7.58. The standard InChI is InChI=1S/C15H12INO2/c16-10-3-1-2-4-11(10)17-14(18)12-8-5-6-9(7-8)13(12)15(17)19/h1-6,8-9,12-13H,7H2. The molecule has 2 bridgehead atoms. The van der Waals surface area contributed by atoms with Gasteiger partial charge in [-0.05, 0) is 53.0 Å². The van der Waals surface area contributed by atoms with E-state index in [9.17, 15) is 9.59 Å². The molecule has 2 fully saturated rings. The minimum Gasteiger partial charge on any atom is -0.274 e. The molecular formula is C15H12INO2. The minimum atomic E-state index is -0.112. The summed E-state index contributed by atoms with van der Waals surface area (Å²) in [5, 5.41) is 0. The topological polar surface area (TPSA) is 37.4 Å². The first kappa shape index (κ1) is 11.6. The maximum absolute atomic E-state index is 12.6. The van der Waals surface area contributed by atoms with Gasteiger partial charge in [-0.1, -0.05) is 24.3 Å². The van der Waals surface area contributed by atoms with Crippen LogP contribution in [-0.4, -0.2) is 11.8 Å². The Morgan fingerprint density at radius 2 is 1.58 bits per heavy atom. The van der Waals surface area contributed by atoms with Crippen molar-refractivity contribution in [3.63, 3.8) is 0 Å². The summed E-state index contributed by atoms with van der Waals surface area (Å²) in [5.41, 5.74) is 0.743. The fraction of sp³-hybridized carbons (Fsp3) is 0.333. The van der Waals surface area contributed by atoms with Crippen molar-refractivity contribution in [1.82, 2.24) is 0 Å². The summed E-state index contributed by atoms with van der Waals surface area (Å²) in [5.74, 6) is 0.319. The lowest BCUT2D eigenvalue weighted by molar-refractivity contribution is -0.123. The highest BCUT2D eigenvalue weighted by Gasteiger charge is 2.59. The van der Waals surface area contributed by atoms with E-state index in [-0.39, 0.29) is 35.5 Å². The van der Waals surface area contributed by atoms with Crippen molar-refractivity contribution >= 4 is 40.1 Å². The molecule has 3 aliphatic rings. The molecule has 4 rings (SSSR count). The molecule has 1 saturated heterocycles. The SMILES string of the molecule is O=C1C2C3C=CC(C3)C2C(=O)N1c1ccccc1I. The number of hydrogen-bond donors (Lipinski definition) is 0. The molecule has 4 unspecified atom stereocenters. The van der Waals surface area contributed by atoms with E-state index in [0.717, 1.165) is 15.7 Å². The second kappa shape index (κ2) is 3.91. The van der Waals surface area contributed by atoms with E-state index < -0.39 is 0 Å². The number of fused-ring (bicyclic) bond motifs is 5. The zero-order chi connectivity index (χ0) is 13.1. The van der Waals surface area contributed by atoms with Crippen LogP contribution in [-0.2, 0) is 9.59 Å². The van der Waals surface area contributed by atoms with Gasteiger partial charge in [0.25, 0.3) is 0 Å². The van der Waals surface area contributed by atoms with Crippen LogP contribution in [0.25, 0.3) is 0 Å². The molecule has 1 aliphatic heterocycles. The maximum Gasteiger partial charge on any atom is 0.238 e. The zero-order valence-electron chi connectivity index (χ0n) is 10.1. The number of carbonyl (C=O) groups is 2. The average molecular weight is 365 g/mol. The summed E-state index contributed by atoms with van der Waals surface area (Å²) in [4.78, 5) is 26.6. The van der Waals surface area contributed by atoms with E-state index in [4.69, 9.17) is 0 Å². The van der Waals surface area contributed by atoms with Crippen molar-refractivity contribution in [3.8, 4) is 0 Å². The predicted molar refractivity (Wildman–Crippen MR) is 79.4 cm³/mol. The summed E-state index contributed by atoms with van der Waals surface area (Å²) in [6.45, 7) is 0. The lowest BCUT2D eigenvalue weighted by Gasteiger charge is -2.18. The molecule has 3 nitrogen and oxygen atoms in total. The Labute approximate surface area is 124 Å². The molecule has 0 aromatic heterocycles. The van der Waals surface area contributed by atoms with E-state index in [1.807, 2.05) is 24.3 Å². The number of imide groups is 1. The van der Waals surface area contributed by atoms with Gasteiger partial charge in [-0.2, -0.15) is 0 Å². The van der Waals surface area contributed by atoms with E-state index >= 15 is 0 Å². The second-order valence-corrected chi connectivity index (χ2v) is 6.63. The van der Waals surface area contributed by atoms with Gasteiger partial charge in [0.05, 0.1) is 17.5 Å². The molecule has 4 heteroatoms. The van der Waals surface area contributed by atoms with Gasteiger partial charge in [0, 0.05) is 3.57 Å². The third kappa shape index (κ3) is 1.43. The summed E-state index contributed by atoms with van der Waals surface area (Å²) in [7, 11) is 0. The molecule has 0 radical (unpaired) electrons. The number of hydrogen-bond acceptors (Lipinski definition) is 2. The first-order valence-electron chi connectivity index (χ1n) is 6.49. The maximum atomic E-state index is 12.6. The molecule has 96 valence electrons. The smallest absolute Gasteiger partial charge is 0.238 e. The van der Waals surface area contributed by atoms with Crippen LogP contribution >= 0.6 is 22.6 Å². The first-order valence-corrected chi connectivity index (χ1v) is 7.57. The summed E-state index contributed by atoms with van der Waals surface area (Å²) in [6.07, 6.45) is 5.22. The van der Waals surface area contributed by atoms with Gasteiger partial charge in [-0.15, -0.1) is 0 Å². The summed E-state index contributed by atoms with van der Waals surface area (Å²) >= 11 is 2.18. The van der Waals surface area contributed by atoms with E-state index in [0.29, 0.717) is 0 Å². The van der Waals surface area contributed by atoms with Crippen molar-refractivity contribution in [1.29, 1.82) is 0 Å². The highest BCUT2D eigenvalue weighted by Crippen LogP contribution is 2.53. The van der Waals surface area contributed by atoms with Crippen LogP contribution < -0.4 is 4.90 Å². The Balaban J connectivity index is 1.79. The van der Waals surface area contributed by atoms with Gasteiger partial charge < -0.3 is 0 Å². The number of nitrogens with zero attached hydrogens (tertiary/aromatic N) is 1. The van der Waals surface area contributed by atoms with Crippen LogP contribution in [0.2, 0.25) is 0 Å². The van der Waals surface area contributed by atoms with Crippen LogP contribution in [0, 0.1) is 27.2 Å². The number of anilines is 1. The number of halogens is 1. The highest BCUT2D eigenvalue weighted by atomic mass is 127. The van der Waals surface area contributed by atoms with Gasteiger partial charge in [0.2, 0.25) is 11.8 Å². The van der Waals surface area contributed by atoms with Crippen LogP contribution in [0.3, 0.4) is 0 Å². The largest absolute Gasteiger partial charge is 0.274 e. The van der Waals surface area contributed by atoms with Gasteiger partial charge in [0.15, 0.2) is 0 Å². The molecule has 0 N–H and O–H groups in total. The van der Waals surface area contributed by atoms with E-state index in [2.05, 4.69) is 34.7 Å². The Morgan fingerprint density at radius 3 is 2.16 bits per heavy atom. The normalized spacial score (nSPS) is 35.3. The molecule has 1 heterocycles. The number of amides is 2. The Hall–Kier alpha value is -1.17. The van der Waals surface area contributed by atoms with Gasteiger partial charge in [0.1, 0.15) is 0 Å². The highest BCUT2D eigenvalue weighted by molar-refractivity contribution is 14.1. The molecule has 2 aliphatic carbocycles. The van der Waals surface area contributed by atoms with Crippen molar-refractivity contribution in [2.45, 2.75) is 6.42 Å². The van der Waals surface area contributed by atoms with E-state index in [1.165, 1.54) is 4.90 Å². The zero-order valence-corrected chi connectivity index (χ0v) is 12.3. The van der Waals surface area contributed by atoms with Gasteiger partial charge in [-0.3, -0.25) is 9.59 Å². The molecule has 0 spiro atoms. The second-order valence-electron chi connectivity index (χ2n) is 5.46. The quantitative estimate of drug-likeness (QED) is 0.436. The number of para-hydroxylation sites is 1. The number of rotatable bonds is 1. The van der Waals surface area contributed by atoms with Gasteiger partial charge >= 0.3 is 0 Å². The Bertz CT molecular complexity index is 594. The molecule has 1 aromatic rings. The molecule has 19 heavy (non-hydrogen) atoms. The lowest BCUT2D eigenvalue weighted by atomic mass is 9.85. The fourth-order valence-corrected chi connectivity index (χ4v) is 4.40. The Morgan fingerprint density at radius 1 is 1.00 bits per heavy atom. The van der Waals surface area contributed by atoms with Crippen molar-refractivity contribution in [2.24, 2.45) is 23.7 Å². The summed E-state index contributed by atoms with van der Waals surface area (Å²) < 4.78 is 0.946. The fourth-order valence-electron chi connectivity index (χ4n) is 3.77. The third-order valence-electron chi connectivity index (χ3n) is 4.56.